The fraction of sp³-hybridized carbons (Fsp3) is 0.0769. The molecule has 2 aromatic carbocycles. The van der Waals surface area contributed by atoms with Crippen LogP contribution in [0.4, 0.5) is 18.9 Å². The number of hydrogen-bond donors (Lipinski definition) is 2. The first-order chi connectivity index (χ1) is 9.09. The van der Waals surface area contributed by atoms with Gasteiger partial charge in [0.15, 0.2) is 11.6 Å². The molecular formula is C13H10BrF3N2. The Balaban J connectivity index is 2.08. The van der Waals surface area contributed by atoms with E-state index >= 15 is 0 Å². The van der Waals surface area contributed by atoms with Crippen molar-refractivity contribution in [3.05, 3.63) is 63.9 Å². The van der Waals surface area contributed by atoms with E-state index in [1.165, 1.54) is 0 Å². The lowest BCUT2D eigenvalue weighted by Gasteiger charge is -2.11. The fourth-order valence-electron chi connectivity index (χ4n) is 1.53. The zero-order valence-corrected chi connectivity index (χ0v) is 11.3. The number of para-hydroxylation sites is 1. The van der Waals surface area contributed by atoms with Gasteiger partial charge in [0, 0.05) is 17.8 Å². The van der Waals surface area contributed by atoms with Crippen molar-refractivity contribution in [2.75, 3.05) is 5.43 Å². The SMILES string of the molecule is Fc1cc(Br)c(F)c(CNNc2ccccc2)c1F. The number of rotatable bonds is 4. The topological polar surface area (TPSA) is 24.1 Å². The predicted octanol–water partition coefficient (Wildman–Crippen LogP) is 3.98. The summed E-state index contributed by atoms with van der Waals surface area (Å²) in [6, 6.07) is 9.78. The van der Waals surface area contributed by atoms with Crippen molar-refractivity contribution in [3.63, 3.8) is 0 Å². The molecule has 6 heteroatoms. The molecule has 0 aliphatic rings. The van der Waals surface area contributed by atoms with Crippen molar-refractivity contribution in [1.29, 1.82) is 0 Å². The van der Waals surface area contributed by atoms with E-state index in [0.29, 0.717) is 0 Å². The van der Waals surface area contributed by atoms with Crippen LogP contribution in [0.3, 0.4) is 0 Å². The molecule has 2 rings (SSSR count). The molecule has 100 valence electrons. The molecule has 0 saturated carbocycles. The third kappa shape index (κ3) is 3.27. The normalized spacial score (nSPS) is 10.5. The van der Waals surface area contributed by atoms with E-state index in [1.54, 1.807) is 12.1 Å². The lowest BCUT2D eigenvalue weighted by Crippen LogP contribution is -2.22. The maximum Gasteiger partial charge on any atom is 0.166 e. The van der Waals surface area contributed by atoms with Crippen molar-refractivity contribution in [3.8, 4) is 0 Å². The lowest BCUT2D eigenvalue weighted by molar-refractivity contribution is 0.472. The van der Waals surface area contributed by atoms with Gasteiger partial charge in [-0.15, -0.1) is 0 Å². The summed E-state index contributed by atoms with van der Waals surface area (Å²) in [6.07, 6.45) is 0. The molecule has 2 N–H and O–H groups in total. The van der Waals surface area contributed by atoms with Gasteiger partial charge in [0.25, 0.3) is 0 Å². The number of hydrogen-bond acceptors (Lipinski definition) is 2. The van der Waals surface area contributed by atoms with Crippen LogP contribution in [0, 0.1) is 17.5 Å². The molecule has 0 bridgehead atoms. The number of benzene rings is 2. The van der Waals surface area contributed by atoms with Crippen LogP contribution < -0.4 is 10.9 Å². The van der Waals surface area contributed by atoms with E-state index in [1.807, 2.05) is 18.2 Å². The van der Waals surface area contributed by atoms with E-state index in [2.05, 4.69) is 26.8 Å². The van der Waals surface area contributed by atoms with Crippen LogP contribution in [0.15, 0.2) is 40.9 Å². The van der Waals surface area contributed by atoms with Crippen molar-refractivity contribution in [1.82, 2.24) is 5.43 Å². The van der Waals surface area contributed by atoms with Gasteiger partial charge in [-0.05, 0) is 34.1 Å². The average molecular weight is 331 g/mol. The third-order valence-corrected chi connectivity index (χ3v) is 3.05. The molecule has 0 saturated heterocycles. The van der Waals surface area contributed by atoms with Gasteiger partial charge in [0.1, 0.15) is 5.82 Å². The number of hydrazine groups is 1. The third-order valence-electron chi connectivity index (χ3n) is 2.47. The molecule has 0 unspecified atom stereocenters. The summed E-state index contributed by atoms with van der Waals surface area (Å²) in [5.41, 5.74) is 5.77. The Labute approximate surface area is 116 Å². The Morgan fingerprint density at radius 1 is 1.00 bits per heavy atom. The largest absolute Gasteiger partial charge is 0.321 e. The molecule has 0 atom stereocenters. The maximum absolute atomic E-state index is 13.6. The molecule has 0 aromatic heterocycles. The van der Waals surface area contributed by atoms with Gasteiger partial charge in [-0.25, -0.2) is 18.6 Å². The minimum Gasteiger partial charge on any atom is -0.321 e. The second kappa shape index (κ2) is 6.08. The number of halogens is 4. The highest BCUT2D eigenvalue weighted by Gasteiger charge is 2.17. The average Bonchev–Trinajstić information content (AvgIpc) is 2.42. The van der Waals surface area contributed by atoms with Crippen molar-refractivity contribution in [2.24, 2.45) is 0 Å². The highest BCUT2D eigenvalue weighted by molar-refractivity contribution is 9.10. The minimum atomic E-state index is -1.19. The summed E-state index contributed by atoms with van der Waals surface area (Å²) in [4.78, 5) is 0. The predicted molar refractivity (Wildman–Crippen MR) is 70.9 cm³/mol. The monoisotopic (exact) mass is 330 g/mol. The molecule has 0 radical (unpaired) electrons. The van der Waals surface area contributed by atoms with E-state index in [0.717, 1.165) is 11.8 Å². The highest BCUT2D eigenvalue weighted by Crippen LogP contribution is 2.24. The summed E-state index contributed by atoms with van der Waals surface area (Å²) in [5, 5.41) is 0. The van der Waals surface area contributed by atoms with Crippen molar-refractivity contribution < 1.29 is 13.2 Å². The minimum absolute atomic E-state index is 0.108. The van der Waals surface area contributed by atoms with Crippen LogP contribution in [0.25, 0.3) is 0 Å². The summed E-state index contributed by atoms with van der Waals surface area (Å²) in [7, 11) is 0. The van der Waals surface area contributed by atoms with Crippen molar-refractivity contribution in [2.45, 2.75) is 6.54 Å². The fourth-order valence-corrected chi connectivity index (χ4v) is 1.97. The maximum atomic E-state index is 13.6. The first kappa shape index (κ1) is 13.9. The van der Waals surface area contributed by atoms with Crippen LogP contribution in [0.5, 0.6) is 0 Å². The zero-order valence-electron chi connectivity index (χ0n) is 9.68. The molecule has 2 nitrogen and oxygen atoms in total. The number of anilines is 1. The van der Waals surface area contributed by atoms with Gasteiger partial charge in [-0.3, -0.25) is 0 Å². The van der Waals surface area contributed by atoms with Crippen LogP contribution >= 0.6 is 15.9 Å². The van der Waals surface area contributed by atoms with Crippen LogP contribution in [0.2, 0.25) is 0 Å². The molecule has 2 aromatic rings. The van der Waals surface area contributed by atoms with E-state index < -0.39 is 17.5 Å². The van der Waals surface area contributed by atoms with E-state index in [-0.39, 0.29) is 16.6 Å². The Hall–Kier alpha value is -1.53. The Bertz CT molecular complexity index is 550. The summed E-state index contributed by atoms with van der Waals surface area (Å²) in [6.45, 7) is -0.192. The molecule has 0 fully saturated rings. The molecule has 0 heterocycles. The van der Waals surface area contributed by atoms with E-state index in [4.69, 9.17) is 0 Å². The molecule has 0 amide bonds. The van der Waals surface area contributed by atoms with Gasteiger partial charge in [0.2, 0.25) is 0 Å². The summed E-state index contributed by atoms with van der Waals surface area (Å²) >= 11 is 2.84. The van der Waals surface area contributed by atoms with Crippen molar-refractivity contribution >= 4 is 21.6 Å². The Kier molecular flexibility index (Phi) is 4.44. The van der Waals surface area contributed by atoms with Gasteiger partial charge in [-0.2, -0.15) is 0 Å². The Morgan fingerprint density at radius 2 is 1.68 bits per heavy atom. The van der Waals surface area contributed by atoms with Crippen LogP contribution in [-0.4, -0.2) is 0 Å². The molecular weight excluding hydrogens is 321 g/mol. The highest BCUT2D eigenvalue weighted by atomic mass is 79.9. The first-order valence-corrected chi connectivity index (χ1v) is 6.24. The lowest BCUT2D eigenvalue weighted by atomic mass is 10.2. The van der Waals surface area contributed by atoms with E-state index in [9.17, 15) is 13.2 Å². The standard InChI is InChI=1S/C13H10BrF3N2/c14-10-6-11(15)13(17)9(12(10)16)7-18-19-8-4-2-1-3-5-8/h1-6,18-19H,7H2. The Morgan fingerprint density at radius 3 is 2.37 bits per heavy atom. The van der Waals surface area contributed by atoms with Gasteiger partial charge < -0.3 is 5.43 Å². The summed E-state index contributed by atoms with van der Waals surface area (Å²) in [5.74, 6) is -3.10. The second-order valence-electron chi connectivity index (χ2n) is 3.79. The molecule has 0 spiro atoms. The summed E-state index contributed by atoms with van der Waals surface area (Å²) < 4.78 is 40.2. The smallest absolute Gasteiger partial charge is 0.166 e. The molecule has 19 heavy (non-hydrogen) atoms. The van der Waals surface area contributed by atoms with Crippen LogP contribution in [0.1, 0.15) is 5.56 Å². The second-order valence-corrected chi connectivity index (χ2v) is 4.65. The van der Waals surface area contributed by atoms with Gasteiger partial charge in [-0.1, -0.05) is 18.2 Å². The van der Waals surface area contributed by atoms with Crippen LogP contribution in [-0.2, 0) is 6.54 Å². The molecule has 0 aliphatic heterocycles. The zero-order chi connectivity index (χ0) is 13.8. The number of nitrogens with one attached hydrogen (secondary N) is 2. The van der Waals surface area contributed by atoms with Gasteiger partial charge >= 0.3 is 0 Å². The quantitative estimate of drug-likeness (QED) is 0.654. The van der Waals surface area contributed by atoms with Gasteiger partial charge in [0.05, 0.1) is 4.47 Å². The first-order valence-electron chi connectivity index (χ1n) is 5.45. The molecule has 0 aliphatic carbocycles.